The molecule has 92 valence electrons. The lowest BCUT2D eigenvalue weighted by atomic mass is 10.4. The van der Waals surface area contributed by atoms with Crippen molar-refractivity contribution in [1.29, 1.82) is 0 Å². The molecule has 0 spiro atoms. The van der Waals surface area contributed by atoms with Gasteiger partial charge in [0.25, 0.3) is 0 Å². The highest BCUT2D eigenvalue weighted by Gasteiger charge is 1.90. The molecule has 0 aliphatic rings. The van der Waals surface area contributed by atoms with Gasteiger partial charge in [-0.3, -0.25) is 0 Å². The smallest absolute Gasteiger partial charge is 0.00834 e. The molecule has 0 saturated carbocycles. The van der Waals surface area contributed by atoms with Crippen molar-refractivity contribution >= 4 is 0 Å². The largest absolute Gasteiger partial charge is 0.306 e. The van der Waals surface area contributed by atoms with E-state index in [2.05, 4.69) is 38.6 Å². The fraction of sp³-hybridized carbons (Fsp3) is 0.857. The lowest BCUT2D eigenvalue weighted by molar-refractivity contribution is 0.335. The third-order valence-electron chi connectivity index (χ3n) is 1.60. The maximum Gasteiger partial charge on any atom is 0.00834 e. The van der Waals surface area contributed by atoms with Crippen LogP contribution in [0.2, 0.25) is 0 Å². The molecule has 0 unspecified atom stereocenters. The monoisotopic (exact) mass is 213 g/mol. The van der Waals surface area contributed by atoms with E-state index in [9.17, 15) is 0 Å². The Hall–Kier alpha value is -0.480. The standard InChI is InChI=1S/C7H17N.C5H8.C2H6/c1-4-6-8(3)7-5-2;1-3-5-4-2;1-2/h4-7H2,1-3H3;1H,4-5H2,2H3;1-2H3. The summed E-state index contributed by atoms with van der Waals surface area (Å²) in [5.41, 5.74) is 0. The van der Waals surface area contributed by atoms with E-state index in [1.807, 2.05) is 13.8 Å². The van der Waals surface area contributed by atoms with Crippen molar-refractivity contribution in [3.8, 4) is 12.3 Å². The molecule has 1 nitrogen and oxygen atoms in total. The lowest BCUT2D eigenvalue weighted by Crippen LogP contribution is -2.19. The predicted octanol–water partition coefficient (Wildman–Crippen LogP) is 4.18. The van der Waals surface area contributed by atoms with Gasteiger partial charge in [0, 0.05) is 6.42 Å². The summed E-state index contributed by atoms with van der Waals surface area (Å²) in [7, 11) is 2.17. The summed E-state index contributed by atoms with van der Waals surface area (Å²) in [6.45, 7) is 13.0. The fourth-order valence-electron chi connectivity index (χ4n) is 1.02. The molecule has 0 heterocycles. The van der Waals surface area contributed by atoms with Crippen LogP contribution in [0.25, 0.3) is 0 Å². The molecular weight excluding hydrogens is 182 g/mol. The van der Waals surface area contributed by atoms with Crippen LogP contribution in [0.15, 0.2) is 0 Å². The molecule has 0 saturated heterocycles. The van der Waals surface area contributed by atoms with E-state index < -0.39 is 0 Å². The topological polar surface area (TPSA) is 3.24 Å². The number of hydrogen-bond acceptors (Lipinski definition) is 1. The van der Waals surface area contributed by atoms with E-state index >= 15 is 0 Å². The minimum absolute atomic E-state index is 0.917. The second kappa shape index (κ2) is 23.4. The summed E-state index contributed by atoms with van der Waals surface area (Å²) < 4.78 is 0. The van der Waals surface area contributed by atoms with Crippen molar-refractivity contribution in [2.45, 2.75) is 60.3 Å². The first kappa shape index (κ1) is 20.0. The summed E-state index contributed by atoms with van der Waals surface area (Å²) in [6, 6.07) is 0. The third-order valence-corrected chi connectivity index (χ3v) is 1.60. The Bertz CT molecular complexity index is 107. The number of nitrogens with zero attached hydrogens (tertiary/aromatic N) is 1. The minimum Gasteiger partial charge on any atom is -0.306 e. The van der Waals surface area contributed by atoms with Crippen molar-refractivity contribution in [3.63, 3.8) is 0 Å². The summed E-state index contributed by atoms with van der Waals surface area (Å²) in [4.78, 5) is 2.36. The summed E-state index contributed by atoms with van der Waals surface area (Å²) in [5.74, 6) is 2.52. The fourth-order valence-corrected chi connectivity index (χ4v) is 1.02. The molecule has 1 heteroatoms. The number of terminal acetylenes is 1. The maximum atomic E-state index is 4.89. The van der Waals surface area contributed by atoms with Gasteiger partial charge in [-0.2, -0.15) is 0 Å². The molecule has 0 rings (SSSR count). The van der Waals surface area contributed by atoms with E-state index in [1.54, 1.807) is 0 Å². The van der Waals surface area contributed by atoms with Gasteiger partial charge in [0.05, 0.1) is 0 Å². The van der Waals surface area contributed by atoms with E-state index in [4.69, 9.17) is 6.42 Å². The van der Waals surface area contributed by atoms with Crippen molar-refractivity contribution < 1.29 is 0 Å². The van der Waals surface area contributed by atoms with Crippen LogP contribution in [0.5, 0.6) is 0 Å². The Kier molecular flexibility index (Phi) is 31.2. The zero-order valence-corrected chi connectivity index (χ0v) is 11.8. The molecule has 0 aromatic carbocycles. The molecule has 0 aromatic heterocycles. The second-order valence-corrected chi connectivity index (χ2v) is 3.26. The lowest BCUT2D eigenvalue weighted by Gasteiger charge is -2.12. The molecule has 0 radical (unpaired) electrons. The van der Waals surface area contributed by atoms with E-state index in [0.29, 0.717) is 0 Å². The van der Waals surface area contributed by atoms with Crippen LogP contribution in [0.3, 0.4) is 0 Å². The number of hydrogen-bond donors (Lipinski definition) is 0. The van der Waals surface area contributed by atoms with Crippen LogP contribution >= 0.6 is 0 Å². The Morgan fingerprint density at radius 3 is 1.47 bits per heavy atom. The molecule has 0 aliphatic heterocycles. The van der Waals surface area contributed by atoms with Gasteiger partial charge in [0.1, 0.15) is 0 Å². The van der Waals surface area contributed by atoms with Crippen LogP contribution in [-0.4, -0.2) is 25.0 Å². The Balaban J connectivity index is -0.000000177. The summed E-state index contributed by atoms with van der Waals surface area (Å²) in [6.07, 6.45) is 9.46. The first-order valence-electron chi connectivity index (χ1n) is 6.34. The predicted molar refractivity (Wildman–Crippen MR) is 73.2 cm³/mol. The molecule has 15 heavy (non-hydrogen) atoms. The summed E-state index contributed by atoms with van der Waals surface area (Å²) >= 11 is 0. The maximum absolute atomic E-state index is 4.89. The molecule has 0 bridgehead atoms. The zero-order valence-electron chi connectivity index (χ0n) is 11.8. The quantitative estimate of drug-likeness (QED) is 0.619. The van der Waals surface area contributed by atoms with E-state index in [1.165, 1.54) is 25.9 Å². The first-order chi connectivity index (χ1) is 7.22. The van der Waals surface area contributed by atoms with Gasteiger partial charge < -0.3 is 4.90 Å². The normalized spacial score (nSPS) is 8.13. The zero-order chi connectivity index (χ0) is 12.5. The van der Waals surface area contributed by atoms with Gasteiger partial charge in [0.15, 0.2) is 0 Å². The van der Waals surface area contributed by atoms with Gasteiger partial charge in [-0.05, 0) is 39.4 Å². The molecule has 0 aromatic rings. The number of rotatable bonds is 5. The average molecular weight is 213 g/mol. The SMILES string of the molecule is C#CCCC.CC.CCCN(C)CCC. The first-order valence-corrected chi connectivity index (χ1v) is 6.34. The highest BCUT2D eigenvalue weighted by Crippen LogP contribution is 1.86. The Morgan fingerprint density at radius 1 is 0.933 bits per heavy atom. The number of unbranched alkanes of at least 4 members (excludes halogenated alkanes) is 1. The highest BCUT2D eigenvalue weighted by atomic mass is 15.1. The Labute approximate surface area is 98.3 Å². The highest BCUT2D eigenvalue weighted by molar-refractivity contribution is 4.81. The van der Waals surface area contributed by atoms with E-state index in [0.717, 1.165) is 12.8 Å². The van der Waals surface area contributed by atoms with Gasteiger partial charge in [-0.1, -0.05) is 34.6 Å². The molecule has 0 fully saturated rings. The molecule has 0 atom stereocenters. The van der Waals surface area contributed by atoms with Crippen LogP contribution < -0.4 is 0 Å². The second-order valence-electron chi connectivity index (χ2n) is 3.26. The van der Waals surface area contributed by atoms with Gasteiger partial charge >= 0.3 is 0 Å². The molecule has 0 aliphatic carbocycles. The van der Waals surface area contributed by atoms with Crippen molar-refractivity contribution in [2.24, 2.45) is 0 Å². The van der Waals surface area contributed by atoms with Crippen molar-refractivity contribution in [3.05, 3.63) is 0 Å². The molecular formula is C14H31N. The molecule has 0 N–H and O–H groups in total. The van der Waals surface area contributed by atoms with Crippen LogP contribution in [0.4, 0.5) is 0 Å². The van der Waals surface area contributed by atoms with Gasteiger partial charge in [0.2, 0.25) is 0 Å². The summed E-state index contributed by atoms with van der Waals surface area (Å²) in [5, 5.41) is 0. The average Bonchev–Trinajstić information content (AvgIpc) is 2.24. The van der Waals surface area contributed by atoms with Gasteiger partial charge in [-0.25, -0.2) is 0 Å². The van der Waals surface area contributed by atoms with Crippen LogP contribution in [-0.2, 0) is 0 Å². The van der Waals surface area contributed by atoms with Gasteiger partial charge in [-0.15, -0.1) is 12.3 Å². The molecule has 0 amide bonds. The van der Waals surface area contributed by atoms with Crippen molar-refractivity contribution in [1.82, 2.24) is 4.90 Å². The van der Waals surface area contributed by atoms with Crippen molar-refractivity contribution in [2.75, 3.05) is 20.1 Å². The minimum atomic E-state index is 0.917. The van der Waals surface area contributed by atoms with E-state index in [-0.39, 0.29) is 0 Å². The van der Waals surface area contributed by atoms with Crippen LogP contribution in [0, 0.1) is 12.3 Å². The van der Waals surface area contributed by atoms with Crippen LogP contribution in [0.1, 0.15) is 60.3 Å². The third kappa shape index (κ3) is 31.7. The Morgan fingerprint density at radius 2 is 1.33 bits per heavy atom.